The van der Waals surface area contributed by atoms with Crippen LogP contribution in [0.15, 0.2) is 28.7 Å². The van der Waals surface area contributed by atoms with E-state index in [0.29, 0.717) is 12.0 Å². The molecule has 1 atom stereocenters. The van der Waals surface area contributed by atoms with E-state index in [-0.39, 0.29) is 0 Å². The molecule has 0 aromatic heterocycles. The molecule has 1 unspecified atom stereocenters. The standard InChI is InChI=1S/C13H20BrN/c1-10(2)9-12(15)8-7-11-5-3-4-6-13(11)14/h3-6,10,12H,7-9,15H2,1-2H3. The Morgan fingerprint density at radius 2 is 1.93 bits per heavy atom. The lowest BCUT2D eigenvalue weighted by Gasteiger charge is -2.14. The van der Waals surface area contributed by atoms with Gasteiger partial charge in [-0.05, 0) is 36.8 Å². The van der Waals surface area contributed by atoms with Crippen LogP contribution < -0.4 is 5.73 Å². The fourth-order valence-corrected chi connectivity index (χ4v) is 2.25. The van der Waals surface area contributed by atoms with Gasteiger partial charge in [0.15, 0.2) is 0 Å². The van der Waals surface area contributed by atoms with Gasteiger partial charge in [0.2, 0.25) is 0 Å². The molecule has 15 heavy (non-hydrogen) atoms. The van der Waals surface area contributed by atoms with E-state index in [4.69, 9.17) is 5.73 Å². The van der Waals surface area contributed by atoms with Gasteiger partial charge in [-0.3, -0.25) is 0 Å². The summed E-state index contributed by atoms with van der Waals surface area (Å²) in [6.07, 6.45) is 3.25. The first-order valence-electron chi connectivity index (χ1n) is 5.58. The first kappa shape index (κ1) is 12.7. The summed E-state index contributed by atoms with van der Waals surface area (Å²) in [7, 11) is 0. The predicted octanol–water partition coefficient (Wildman–Crippen LogP) is 3.76. The lowest BCUT2D eigenvalue weighted by Crippen LogP contribution is -2.22. The van der Waals surface area contributed by atoms with Crippen molar-refractivity contribution in [2.75, 3.05) is 0 Å². The average Bonchev–Trinajstić information content (AvgIpc) is 2.15. The normalized spacial score (nSPS) is 13.1. The van der Waals surface area contributed by atoms with E-state index in [1.807, 2.05) is 6.07 Å². The molecule has 0 heterocycles. The van der Waals surface area contributed by atoms with E-state index < -0.39 is 0 Å². The number of rotatable bonds is 5. The molecule has 1 aromatic carbocycles. The summed E-state index contributed by atoms with van der Waals surface area (Å²) in [5.41, 5.74) is 7.42. The molecular formula is C13H20BrN. The van der Waals surface area contributed by atoms with Crippen LogP contribution in [0.1, 0.15) is 32.3 Å². The molecule has 0 aliphatic carbocycles. The minimum Gasteiger partial charge on any atom is -0.328 e. The van der Waals surface area contributed by atoms with Crippen LogP contribution in [0, 0.1) is 5.92 Å². The summed E-state index contributed by atoms with van der Waals surface area (Å²) in [6, 6.07) is 8.70. The van der Waals surface area contributed by atoms with Crippen molar-refractivity contribution in [2.45, 2.75) is 39.2 Å². The fraction of sp³-hybridized carbons (Fsp3) is 0.538. The Hall–Kier alpha value is -0.340. The quantitative estimate of drug-likeness (QED) is 0.866. The third-order valence-electron chi connectivity index (χ3n) is 2.52. The van der Waals surface area contributed by atoms with Crippen LogP contribution >= 0.6 is 15.9 Å². The third-order valence-corrected chi connectivity index (χ3v) is 3.29. The minimum absolute atomic E-state index is 0.331. The smallest absolute Gasteiger partial charge is 0.0207 e. The van der Waals surface area contributed by atoms with Crippen LogP contribution in [-0.4, -0.2) is 6.04 Å². The number of benzene rings is 1. The zero-order valence-electron chi connectivity index (χ0n) is 9.54. The number of halogens is 1. The van der Waals surface area contributed by atoms with Gasteiger partial charge in [-0.1, -0.05) is 48.0 Å². The van der Waals surface area contributed by atoms with Crippen molar-refractivity contribution >= 4 is 15.9 Å². The highest BCUT2D eigenvalue weighted by molar-refractivity contribution is 9.10. The van der Waals surface area contributed by atoms with E-state index in [1.54, 1.807) is 0 Å². The van der Waals surface area contributed by atoms with Gasteiger partial charge in [0.1, 0.15) is 0 Å². The van der Waals surface area contributed by atoms with Crippen molar-refractivity contribution in [2.24, 2.45) is 11.7 Å². The molecule has 0 saturated carbocycles. The molecule has 1 aromatic rings. The van der Waals surface area contributed by atoms with Crippen LogP contribution in [-0.2, 0) is 6.42 Å². The minimum atomic E-state index is 0.331. The molecule has 0 aliphatic rings. The van der Waals surface area contributed by atoms with E-state index in [2.05, 4.69) is 48.0 Å². The third kappa shape index (κ3) is 4.80. The van der Waals surface area contributed by atoms with Crippen molar-refractivity contribution < 1.29 is 0 Å². The Bertz CT molecular complexity index is 296. The van der Waals surface area contributed by atoms with Crippen LogP contribution in [0.3, 0.4) is 0 Å². The molecule has 2 N–H and O–H groups in total. The lowest BCUT2D eigenvalue weighted by atomic mass is 9.98. The average molecular weight is 270 g/mol. The Kier molecular flexibility index (Phi) is 5.34. The van der Waals surface area contributed by atoms with E-state index >= 15 is 0 Å². The summed E-state index contributed by atoms with van der Waals surface area (Å²) >= 11 is 3.56. The van der Waals surface area contributed by atoms with Gasteiger partial charge in [0, 0.05) is 10.5 Å². The van der Waals surface area contributed by atoms with Crippen molar-refractivity contribution in [1.29, 1.82) is 0 Å². The molecule has 0 bridgehead atoms. The fourth-order valence-electron chi connectivity index (χ4n) is 1.77. The van der Waals surface area contributed by atoms with Gasteiger partial charge in [0.25, 0.3) is 0 Å². The van der Waals surface area contributed by atoms with Crippen LogP contribution in [0.2, 0.25) is 0 Å². The van der Waals surface area contributed by atoms with Gasteiger partial charge in [-0.2, -0.15) is 0 Å². The first-order chi connectivity index (χ1) is 7.09. The summed E-state index contributed by atoms with van der Waals surface area (Å²) < 4.78 is 1.20. The zero-order valence-corrected chi connectivity index (χ0v) is 11.1. The molecule has 1 nitrogen and oxygen atoms in total. The van der Waals surface area contributed by atoms with Gasteiger partial charge in [-0.15, -0.1) is 0 Å². The molecule has 0 spiro atoms. The van der Waals surface area contributed by atoms with Crippen molar-refractivity contribution in [3.8, 4) is 0 Å². The highest BCUT2D eigenvalue weighted by Gasteiger charge is 2.06. The Morgan fingerprint density at radius 1 is 1.27 bits per heavy atom. The van der Waals surface area contributed by atoms with Crippen LogP contribution in [0.5, 0.6) is 0 Å². The predicted molar refractivity (Wildman–Crippen MR) is 69.9 cm³/mol. The second-order valence-corrected chi connectivity index (χ2v) is 5.37. The van der Waals surface area contributed by atoms with Gasteiger partial charge < -0.3 is 5.73 Å². The monoisotopic (exact) mass is 269 g/mol. The van der Waals surface area contributed by atoms with Crippen molar-refractivity contribution in [1.82, 2.24) is 0 Å². The number of nitrogens with two attached hydrogens (primary N) is 1. The van der Waals surface area contributed by atoms with E-state index in [9.17, 15) is 0 Å². The van der Waals surface area contributed by atoms with Gasteiger partial charge in [0.05, 0.1) is 0 Å². The van der Waals surface area contributed by atoms with Gasteiger partial charge >= 0.3 is 0 Å². The van der Waals surface area contributed by atoms with Crippen LogP contribution in [0.25, 0.3) is 0 Å². The maximum atomic E-state index is 6.06. The SMILES string of the molecule is CC(C)CC(N)CCc1ccccc1Br. The molecule has 84 valence electrons. The second kappa shape index (κ2) is 6.29. The molecule has 0 amide bonds. The molecule has 0 saturated heterocycles. The topological polar surface area (TPSA) is 26.0 Å². The highest BCUT2D eigenvalue weighted by atomic mass is 79.9. The maximum absolute atomic E-state index is 6.06. The van der Waals surface area contributed by atoms with E-state index in [1.165, 1.54) is 10.0 Å². The van der Waals surface area contributed by atoms with Crippen molar-refractivity contribution in [3.05, 3.63) is 34.3 Å². The molecule has 0 fully saturated rings. The zero-order chi connectivity index (χ0) is 11.3. The maximum Gasteiger partial charge on any atom is 0.0207 e. The molecular weight excluding hydrogens is 250 g/mol. The first-order valence-corrected chi connectivity index (χ1v) is 6.38. The summed E-state index contributed by atoms with van der Waals surface area (Å²) in [5, 5.41) is 0. The lowest BCUT2D eigenvalue weighted by molar-refractivity contribution is 0.473. The second-order valence-electron chi connectivity index (χ2n) is 4.52. The summed E-state index contributed by atoms with van der Waals surface area (Å²) in [5.74, 6) is 0.694. The molecule has 0 radical (unpaired) electrons. The number of hydrogen-bond acceptors (Lipinski definition) is 1. The molecule has 0 aliphatic heterocycles. The van der Waals surface area contributed by atoms with Crippen LogP contribution in [0.4, 0.5) is 0 Å². The highest BCUT2D eigenvalue weighted by Crippen LogP contribution is 2.18. The molecule has 2 heteroatoms. The summed E-state index contributed by atoms with van der Waals surface area (Å²) in [4.78, 5) is 0. The van der Waals surface area contributed by atoms with Gasteiger partial charge in [-0.25, -0.2) is 0 Å². The van der Waals surface area contributed by atoms with Crippen molar-refractivity contribution in [3.63, 3.8) is 0 Å². The largest absolute Gasteiger partial charge is 0.328 e. The Morgan fingerprint density at radius 3 is 2.53 bits per heavy atom. The van der Waals surface area contributed by atoms with E-state index in [0.717, 1.165) is 19.3 Å². The molecule has 1 rings (SSSR count). The Balaban J connectivity index is 2.40. The summed E-state index contributed by atoms with van der Waals surface area (Å²) in [6.45, 7) is 4.44. The number of hydrogen-bond donors (Lipinski definition) is 1. The number of aryl methyl sites for hydroxylation is 1. The Labute approximate surface area is 101 Å².